The first-order chi connectivity index (χ1) is 7.56. The third-order valence-electron chi connectivity index (χ3n) is 3.18. The Morgan fingerprint density at radius 3 is 1.26 bits per heavy atom. The molecule has 4 heteroatoms. The van der Waals surface area contributed by atoms with Gasteiger partial charge in [0.1, 0.15) is 0 Å². The highest BCUT2D eigenvalue weighted by Crippen LogP contribution is 2.10. The Morgan fingerprint density at radius 2 is 0.947 bits per heavy atom. The maximum absolute atomic E-state index is 2.29. The molecule has 0 bridgehead atoms. The predicted molar refractivity (Wildman–Crippen MR) is 82.3 cm³/mol. The zero-order chi connectivity index (χ0) is 12.3. The van der Waals surface area contributed by atoms with Gasteiger partial charge in [-0.1, -0.05) is 58.3 Å². The van der Waals surface area contributed by atoms with E-state index in [1.54, 1.807) is 0 Å². The maximum atomic E-state index is 2.29. The van der Waals surface area contributed by atoms with Crippen LogP contribution in [0, 0.1) is 0 Å². The molecule has 0 saturated heterocycles. The van der Waals surface area contributed by atoms with Crippen molar-refractivity contribution in [3.63, 3.8) is 0 Å². The average molecular weight is 284 g/mol. The normalized spacial score (nSPS) is 10.1. The van der Waals surface area contributed by atoms with Crippen molar-refractivity contribution in [1.82, 2.24) is 6.15 Å². The van der Waals surface area contributed by atoms with Gasteiger partial charge in [-0.05, 0) is 12.8 Å². The van der Waals surface area contributed by atoms with Crippen molar-refractivity contribution in [1.29, 1.82) is 0 Å². The van der Waals surface area contributed by atoms with Crippen molar-refractivity contribution in [3.05, 3.63) is 0 Å². The molecule has 0 aromatic heterocycles. The minimum atomic E-state index is 0. The fourth-order valence-corrected chi connectivity index (χ4v) is 2.07. The highest BCUT2D eigenvalue weighted by atomic mass is 19.0. The molecule has 0 rings (SSSR count). The summed E-state index contributed by atoms with van der Waals surface area (Å²) in [4.78, 5) is 0. The molecule has 0 fully saturated rings. The van der Waals surface area contributed by atoms with Gasteiger partial charge in [-0.15, -0.1) is 0 Å². The summed E-state index contributed by atoms with van der Waals surface area (Å²) in [5, 5.41) is 0. The summed E-state index contributed by atoms with van der Waals surface area (Å²) in [5.41, 5.74) is 0. The van der Waals surface area contributed by atoms with Crippen LogP contribution in [-0.4, -0.2) is 32.2 Å². The van der Waals surface area contributed by atoms with E-state index in [-0.39, 0.29) is 15.6 Å². The highest BCUT2D eigenvalue weighted by Gasteiger charge is 2.04. The molecule has 0 atom stereocenters. The van der Waals surface area contributed by atoms with Gasteiger partial charge in [0.15, 0.2) is 0 Å². The molecular formula is C15H38F2N2. The van der Waals surface area contributed by atoms with Gasteiger partial charge >= 0.3 is 0 Å². The zero-order valence-corrected chi connectivity index (χ0v) is 13.7. The third-order valence-corrected chi connectivity index (χ3v) is 3.18. The predicted octanol–water partition coefficient (Wildman–Crippen LogP) is 1.93. The van der Waals surface area contributed by atoms with E-state index in [4.69, 9.17) is 0 Å². The first-order valence-corrected chi connectivity index (χ1v) is 7.36. The van der Waals surface area contributed by atoms with Crippen molar-refractivity contribution in [2.75, 3.05) is 27.7 Å². The molecule has 0 aliphatic carbocycles. The Labute approximate surface area is 119 Å². The Morgan fingerprint density at radius 1 is 0.632 bits per heavy atom. The van der Waals surface area contributed by atoms with E-state index in [1.165, 1.54) is 70.8 Å². The smallest absolute Gasteiger partial charge is 0.0780 e. The van der Waals surface area contributed by atoms with Crippen LogP contribution in [0.5, 0.6) is 0 Å². The fraction of sp³-hybridized carbons (Fsp3) is 1.00. The topological polar surface area (TPSA) is 35.0 Å². The molecular weight excluding hydrogens is 246 g/mol. The van der Waals surface area contributed by atoms with Crippen molar-refractivity contribution >= 4 is 0 Å². The lowest BCUT2D eigenvalue weighted by Crippen LogP contribution is -3.00. The van der Waals surface area contributed by atoms with Crippen LogP contribution in [0.2, 0.25) is 0 Å². The van der Waals surface area contributed by atoms with Gasteiger partial charge < -0.3 is 15.3 Å². The van der Waals surface area contributed by atoms with E-state index in [0.29, 0.717) is 0 Å². The minimum absolute atomic E-state index is 0. The molecule has 0 amide bonds. The Bertz CT molecular complexity index is 148. The van der Waals surface area contributed by atoms with E-state index in [9.17, 15) is 0 Å². The molecule has 3 N–H and O–H groups in total. The number of unbranched alkanes of at least 4 members (excludes halogenated alkanes) is 9. The third kappa shape index (κ3) is 27.1. The second-order valence-corrected chi connectivity index (χ2v) is 6.20. The van der Waals surface area contributed by atoms with Crippen LogP contribution in [0.1, 0.15) is 71.1 Å². The number of hydrogen-bond acceptors (Lipinski definition) is 1. The van der Waals surface area contributed by atoms with Gasteiger partial charge in [-0.25, -0.2) is 0 Å². The first-order valence-electron chi connectivity index (χ1n) is 7.36. The number of hydrogen-bond donors (Lipinski definition) is 1. The zero-order valence-electron chi connectivity index (χ0n) is 13.7. The SMILES string of the molecule is CCCCCCCCCCCC[N+](C)(C)C.F.N.[F-]. The summed E-state index contributed by atoms with van der Waals surface area (Å²) in [6, 6.07) is 0. The van der Waals surface area contributed by atoms with Crippen LogP contribution >= 0.6 is 0 Å². The number of rotatable bonds is 11. The van der Waals surface area contributed by atoms with Crippen molar-refractivity contribution in [3.8, 4) is 0 Å². The van der Waals surface area contributed by atoms with Crippen LogP contribution < -0.4 is 10.9 Å². The minimum Gasteiger partial charge on any atom is -1.00 e. The molecule has 2 nitrogen and oxygen atoms in total. The quantitative estimate of drug-likeness (QED) is 0.457. The van der Waals surface area contributed by atoms with Crippen LogP contribution in [0.15, 0.2) is 0 Å². The van der Waals surface area contributed by atoms with Gasteiger partial charge in [0, 0.05) is 0 Å². The fourth-order valence-electron chi connectivity index (χ4n) is 2.07. The summed E-state index contributed by atoms with van der Waals surface area (Å²) < 4.78 is 1.12. The van der Waals surface area contributed by atoms with Gasteiger partial charge in [0.05, 0.1) is 27.7 Å². The molecule has 122 valence electrons. The van der Waals surface area contributed by atoms with Gasteiger partial charge in [-0.2, -0.15) is 0 Å². The van der Waals surface area contributed by atoms with Crippen molar-refractivity contribution in [2.24, 2.45) is 0 Å². The van der Waals surface area contributed by atoms with Gasteiger partial charge in [-0.3, -0.25) is 4.70 Å². The van der Waals surface area contributed by atoms with Gasteiger partial charge in [0.2, 0.25) is 0 Å². The molecule has 0 radical (unpaired) electrons. The number of nitrogens with zero attached hydrogens (tertiary/aromatic N) is 1. The largest absolute Gasteiger partial charge is 1.00 e. The molecule has 0 unspecified atom stereocenters. The van der Waals surface area contributed by atoms with E-state index >= 15 is 0 Å². The van der Waals surface area contributed by atoms with Crippen molar-refractivity contribution < 1.29 is 13.9 Å². The molecule has 0 saturated carbocycles. The number of quaternary nitrogens is 1. The first kappa shape index (κ1) is 27.2. The van der Waals surface area contributed by atoms with E-state index in [1.807, 2.05) is 0 Å². The second kappa shape index (κ2) is 17.8. The molecule has 19 heavy (non-hydrogen) atoms. The molecule has 0 aromatic rings. The lowest BCUT2D eigenvalue weighted by molar-refractivity contribution is -0.870. The summed E-state index contributed by atoms with van der Waals surface area (Å²) in [6.45, 7) is 3.62. The molecule has 0 aliphatic rings. The summed E-state index contributed by atoms with van der Waals surface area (Å²) in [5.74, 6) is 0. The molecule has 0 heterocycles. The van der Waals surface area contributed by atoms with Gasteiger partial charge in [0.25, 0.3) is 0 Å². The Kier molecular flexibility index (Phi) is 25.4. The summed E-state index contributed by atoms with van der Waals surface area (Å²) in [6.07, 6.45) is 14.4. The summed E-state index contributed by atoms with van der Waals surface area (Å²) >= 11 is 0. The Balaban J connectivity index is -0.000000375. The standard InChI is InChI=1S/C15H34N.2FH.H3N/c1-5-6-7-8-9-10-11-12-13-14-15-16(2,3)4;;;/h5-15H2,1-4H3;2*1H;1H3/q+1;;;/p-1. The monoisotopic (exact) mass is 284 g/mol. The lowest BCUT2D eigenvalue weighted by Gasteiger charge is -2.23. The lowest BCUT2D eigenvalue weighted by atomic mass is 10.1. The van der Waals surface area contributed by atoms with Crippen LogP contribution in [0.25, 0.3) is 0 Å². The Hall–Kier alpha value is -0.220. The molecule has 0 aliphatic heterocycles. The second-order valence-electron chi connectivity index (χ2n) is 6.20. The van der Waals surface area contributed by atoms with Crippen LogP contribution in [0.3, 0.4) is 0 Å². The van der Waals surface area contributed by atoms with E-state index < -0.39 is 0 Å². The highest BCUT2D eigenvalue weighted by molar-refractivity contribution is 4.47. The van der Waals surface area contributed by atoms with Crippen molar-refractivity contribution in [2.45, 2.75) is 71.1 Å². The van der Waals surface area contributed by atoms with E-state index in [0.717, 1.165) is 4.48 Å². The van der Waals surface area contributed by atoms with Crippen LogP contribution in [0.4, 0.5) is 4.70 Å². The van der Waals surface area contributed by atoms with E-state index in [2.05, 4.69) is 28.1 Å². The van der Waals surface area contributed by atoms with Crippen LogP contribution in [-0.2, 0) is 0 Å². The number of halogens is 2. The maximum Gasteiger partial charge on any atom is 0.0780 e. The average Bonchev–Trinajstić information content (AvgIpc) is 2.19. The summed E-state index contributed by atoms with van der Waals surface area (Å²) in [7, 11) is 6.86. The molecule has 0 spiro atoms. The molecule has 0 aromatic carbocycles.